The summed E-state index contributed by atoms with van der Waals surface area (Å²) in [5.41, 5.74) is 5.43. The molecule has 1 aliphatic heterocycles. The molecule has 4 aromatic rings. The highest BCUT2D eigenvalue weighted by Gasteiger charge is 2.34. The molecular weight excluding hydrogens is 394 g/mol. The quantitative estimate of drug-likeness (QED) is 0.437. The molecule has 2 heterocycles. The summed E-state index contributed by atoms with van der Waals surface area (Å²) in [6, 6.07) is 24.2. The molecule has 4 nitrogen and oxygen atoms in total. The molecule has 30 heavy (non-hydrogen) atoms. The molecule has 0 aliphatic carbocycles. The molecule has 150 valence electrons. The minimum absolute atomic E-state index is 0.0467. The second-order valence-corrected chi connectivity index (χ2v) is 8.35. The van der Waals surface area contributed by atoms with Crippen molar-refractivity contribution >= 4 is 34.2 Å². The van der Waals surface area contributed by atoms with E-state index in [2.05, 4.69) is 41.8 Å². The molecule has 0 radical (unpaired) electrons. The Bertz CT molecular complexity index is 1230. The van der Waals surface area contributed by atoms with E-state index in [0.29, 0.717) is 18.0 Å². The number of imidazole rings is 1. The molecule has 3 aromatic carbocycles. The zero-order valence-electron chi connectivity index (χ0n) is 16.8. The summed E-state index contributed by atoms with van der Waals surface area (Å²) in [6.07, 6.45) is 0.458. The molecule has 0 saturated carbocycles. The van der Waals surface area contributed by atoms with Crippen LogP contribution in [0, 0.1) is 6.92 Å². The van der Waals surface area contributed by atoms with Gasteiger partial charge >= 0.3 is 0 Å². The van der Waals surface area contributed by atoms with Gasteiger partial charge in [0.25, 0.3) is 0 Å². The first-order chi connectivity index (χ1) is 14.6. The third kappa shape index (κ3) is 3.48. The van der Waals surface area contributed by atoms with Crippen LogP contribution in [-0.2, 0) is 11.3 Å². The smallest absolute Gasteiger partial charge is 0.227 e. The van der Waals surface area contributed by atoms with Crippen molar-refractivity contribution in [1.29, 1.82) is 0 Å². The molecule has 0 N–H and O–H groups in total. The molecule has 1 fully saturated rings. The summed E-state index contributed by atoms with van der Waals surface area (Å²) in [4.78, 5) is 19.6. The lowest BCUT2D eigenvalue weighted by Gasteiger charge is -2.17. The number of anilines is 1. The van der Waals surface area contributed by atoms with Crippen molar-refractivity contribution in [1.82, 2.24) is 9.55 Å². The summed E-state index contributed by atoms with van der Waals surface area (Å²) in [7, 11) is 0. The van der Waals surface area contributed by atoms with Crippen molar-refractivity contribution in [2.75, 3.05) is 11.4 Å². The number of nitrogens with zero attached hydrogens (tertiary/aromatic N) is 3. The molecule has 1 aliphatic rings. The molecule has 5 rings (SSSR count). The van der Waals surface area contributed by atoms with Crippen molar-refractivity contribution in [3.05, 3.63) is 94.8 Å². The minimum atomic E-state index is 0.0467. The Morgan fingerprint density at radius 2 is 1.83 bits per heavy atom. The third-order valence-electron chi connectivity index (χ3n) is 5.74. The van der Waals surface area contributed by atoms with Gasteiger partial charge in [-0.3, -0.25) is 4.79 Å². The zero-order valence-corrected chi connectivity index (χ0v) is 17.5. The highest BCUT2D eigenvalue weighted by atomic mass is 35.5. The first kappa shape index (κ1) is 18.9. The van der Waals surface area contributed by atoms with Crippen LogP contribution in [0.2, 0.25) is 5.02 Å². The van der Waals surface area contributed by atoms with E-state index in [1.165, 1.54) is 11.1 Å². The van der Waals surface area contributed by atoms with E-state index in [9.17, 15) is 4.79 Å². The third-order valence-corrected chi connectivity index (χ3v) is 5.99. The molecule has 5 heteroatoms. The lowest BCUT2D eigenvalue weighted by Crippen LogP contribution is -2.24. The van der Waals surface area contributed by atoms with Gasteiger partial charge in [0.1, 0.15) is 5.82 Å². The predicted octanol–water partition coefficient (Wildman–Crippen LogP) is 5.57. The Kier molecular flexibility index (Phi) is 4.80. The van der Waals surface area contributed by atoms with Gasteiger partial charge in [0.2, 0.25) is 5.91 Å². The largest absolute Gasteiger partial charge is 0.323 e. The SMILES string of the molecule is Cc1cccc(Cn2c(C3CC(=O)N(c4ccc(Cl)cc4)C3)nc3ccccc32)c1. The maximum atomic E-state index is 12.8. The van der Waals surface area contributed by atoms with Gasteiger partial charge in [0.05, 0.1) is 11.0 Å². The van der Waals surface area contributed by atoms with Gasteiger partial charge in [-0.2, -0.15) is 0 Å². The van der Waals surface area contributed by atoms with Crippen LogP contribution < -0.4 is 4.90 Å². The van der Waals surface area contributed by atoms with Crippen molar-refractivity contribution in [3.8, 4) is 0 Å². The van der Waals surface area contributed by atoms with Crippen molar-refractivity contribution in [3.63, 3.8) is 0 Å². The zero-order chi connectivity index (χ0) is 20.7. The van der Waals surface area contributed by atoms with Gasteiger partial charge in [-0.25, -0.2) is 4.98 Å². The Morgan fingerprint density at radius 3 is 2.63 bits per heavy atom. The molecular formula is C25H22ClN3O. The minimum Gasteiger partial charge on any atom is -0.323 e. The highest BCUT2D eigenvalue weighted by molar-refractivity contribution is 6.30. The summed E-state index contributed by atoms with van der Waals surface area (Å²) in [5.74, 6) is 1.14. The van der Waals surface area contributed by atoms with Crippen LogP contribution >= 0.6 is 11.6 Å². The van der Waals surface area contributed by atoms with E-state index < -0.39 is 0 Å². The fourth-order valence-corrected chi connectivity index (χ4v) is 4.44. The topological polar surface area (TPSA) is 38.1 Å². The molecule has 1 atom stereocenters. The van der Waals surface area contributed by atoms with E-state index in [1.807, 2.05) is 47.4 Å². The molecule has 1 aromatic heterocycles. The van der Waals surface area contributed by atoms with Crippen molar-refractivity contribution in [2.24, 2.45) is 0 Å². The van der Waals surface area contributed by atoms with Crippen LogP contribution in [0.1, 0.15) is 29.3 Å². The van der Waals surface area contributed by atoms with Crippen LogP contribution in [0.4, 0.5) is 5.69 Å². The number of aryl methyl sites for hydroxylation is 1. The van der Waals surface area contributed by atoms with Crippen LogP contribution in [-0.4, -0.2) is 22.0 Å². The number of hydrogen-bond donors (Lipinski definition) is 0. The van der Waals surface area contributed by atoms with Gasteiger partial charge in [-0.1, -0.05) is 53.6 Å². The number of hydrogen-bond acceptors (Lipinski definition) is 2. The van der Waals surface area contributed by atoms with Crippen molar-refractivity contribution in [2.45, 2.75) is 25.8 Å². The van der Waals surface area contributed by atoms with Gasteiger partial charge in [-0.05, 0) is 48.9 Å². The molecule has 1 unspecified atom stereocenters. The standard InChI is InChI=1S/C25H22ClN3O/c1-17-5-4-6-18(13-17)15-29-23-8-3-2-7-22(23)27-25(29)19-14-24(30)28(16-19)21-11-9-20(26)10-12-21/h2-13,19H,14-16H2,1H3. The average Bonchev–Trinajstić information content (AvgIpc) is 3.30. The van der Waals surface area contributed by atoms with Gasteiger partial charge in [-0.15, -0.1) is 0 Å². The fourth-order valence-electron chi connectivity index (χ4n) is 4.32. The Balaban J connectivity index is 1.52. The van der Waals surface area contributed by atoms with Gasteiger partial charge in [0.15, 0.2) is 0 Å². The maximum absolute atomic E-state index is 12.8. The second-order valence-electron chi connectivity index (χ2n) is 7.92. The predicted molar refractivity (Wildman–Crippen MR) is 121 cm³/mol. The normalized spacial score (nSPS) is 16.5. The Morgan fingerprint density at radius 1 is 1.03 bits per heavy atom. The number of aromatic nitrogens is 2. The number of carbonyl (C=O) groups is 1. The molecule has 0 spiro atoms. The summed E-state index contributed by atoms with van der Waals surface area (Å²) < 4.78 is 2.27. The van der Waals surface area contributed by atoms with E-state index in [-0.39, 0.29) is 11.8 Å². The second kappa shape index (κ2) is 7.62. The van der Waals surface area contributed by atoms with Crippen LogP contribution in [0.5, 0.6) is 0 Å². The van der Waals surface area contributed by atoms with Crippen molar-refractivity contribution < 1.29 is 4.79 Å². The molecule has 1 amide bonds. The Labute approximate surface area is 180 Å². The maximum Gasteiger partial charge on any atom is 0.227 e. The average molecular weight is 416 g/mol. The van der Waals surface area contributed by atoms with Crippen LogP contribution in [0.3, 0.4) is 0 Å². The lowest BCUT2D eigenvalue weighted by atomic mass is 10.1. The summed E-state index contributed by atoms with van der Waals surface area (Å²) >= 11 is 6.02. The summed E-state index contributed by atoms with van der Waals surface area (Å²) in [5, 5.41) is 0.668. The Hall–Kier alpha value is -3.11. The molecule has 0 bridgehead atoms. The number of halogens is 1. The lowest BCUT2D eigenvalue weighted by molar-refractivity contribution is -0.117. The van der Waals surface area contributed by atoms with Gasteiger partial charge in [0, 0.05) is 36.1 Å². The van der Waals surface area contributed by atoms with E-state index in [0.717, 1.165) is 29.1 Å². The van der Waals surface area contributed by atoms with Crippen LogP contribution in [0.15, 0.2) is 72.8 Å². The van der Waals surface area contributed by atoms with E-state index in [4.69, 9.17) is 16.6 Å². The van der Waals surface area contributed by atoms with Gasteiger partial charge < -0.3 is 9.47 Å². The number of amides is 1. The molecule has 1 saturated heterocycles. The fraction of sp³-hybridized carbons (Fsp3) is 0.200. The first-order valence-corrected chi connectivity index (χ1v) is 10.5. The monoisotopic (exact) mass is 415 g/mol. The number of benzene rings is 3. The first-order valence-electron chi connectivity index (χ1n) is 10.1. The highest BCUT2D eigenvalue weighted by Crippen LogP contribution is 2.34. The number of para-hydroxylation sites is 2. The summed E-state index contributed by atoms with van der Waals surface area (Å²) in [6.45, 7) is 3.47. The van der Waals surface area contributed by atoms with Crippen LogP contribution in [0.25, 0.3) is 11.0 Å². The number of rotatable bonds is 4. The number of fused-ring (bicyclic) bond motifs is 1. The van der Waals surface area contributed by atoms with E-state index in [1.54, 1.807) is 0 Å². The van der Waals surface area contributed by atoms with E-state index >= 15 is 0 Å². The number of carbonyl (C=O) groups excluding carboxylic acids is 1.